The molecular formula is C18H13F3N6O. The Balaban J connectivity index is 1.71. The first kappa shape index (κ1) is 17.7. The van der Waals surface area contributed by atoms with Crippen LogP contribution in [0.15, 0.2) is 55.1 Å². The molecule has 0 spiro atoms. The number of anilines is 2. The van der Waals surface area contributed by atoms with Crippen LogP contribution in [0.4, 0.5) is 24.8 Å². The van der Waals surface area contributed by atoms with Gasteiger partial charge in [-0.25, -0.2) is 15.0 Å². The van der Waals surface area contributed by atoms with Crippen LogP contribution in [0.2, 0.25) is 0 Å². The Hall–Kier alpha value is -3.69. The molecule has 0 fully saturated rings. The molecule has 142 valence electrons. The molecule has 4 aromatic rings. The minimum Gasteiger partial charge on any atom is -0.438 e. The Morgan fingerprint density at radius 3 is 2.68 bits per heavy atom. The molecule has 3 aromatic heterocycles. The van der Waals surface area contributed by atoms with Crippen LogP contribution in [0, 0.1) is 0 Å². The molecule has 4 rings (SSSR count). The molecule has 0 aliphatic rings. The summed E-state index contributed by atoms with van der Waals surface area (Å²) >= 11 is 0. The van der Waals surface area contributed by atoms with Gasteiger partial charge in [-0.2, -0.15) is 18.3 Å². The molecule has 3 heterocycles. The molecule has 0 atom stereocenters. The molecule has 7 nitrogen and oxygen atoms in total. The maximum absolute atomic E-state index is 13.2. The topological polar surface area (TPSA) is 77.8 Å². The highest BCUT2D eigenvalue weighted by atomic mass is 19.4. The molecule has 0 amide bonds. The van der Waals surface area contributed by atoms with Crippen LogP contribution < -0.4 is 10.1 Å². The first-order valence-electron chi connectivity index (χ1n) is 8.12. The summed E-state index contributed by atoms with van der Waals surface area (Å²) in [5.74, 6) is 0.671. The number of nitrogens with zero attached hydrogens (tertiary/aromatic N) is 5. The number of pyridine rings is 1. The Bertz CT molecular complexity index is 1140. The fourth-order valence-electron chi connectivity index (χ4n) is 2.60. The van der Waals surface area contributed by atoms with Crippen molar-refractivity contribution in [3.63, 3.8) is 0 Å². The number of aromatic nitrogens is 5. The van der Waals surface area contributed by atoms with Crippen molar-refractivity contribution in [3.8, 4) is 11.6 Å². The van der Waals surface area contributed by atoms with Crippen molar-refractivity contribution in [1.82, 2.24) is 24.7 Å². The van der Waals surface area contributed by atoms with E-state index in [0.29, 0.717) is 22.5 Å². The van der Waals surface area contributed by atoms with Gasteiger partial charge in [0.1, 0.15) is 23.5 Å². The molecular weight excluding hydrogens is 373 g/mol. The Kier molecular flexibility index (Phi) is 4.30. The van der Waals surface area contributed by atoms with Gasteiger partial charge in [0, 0.05) is 30.9 Å². The normalized spacial score (nSPS) is 11.6. The van der Waals surface area contributed by atoms with E-state index in [4.69, 9.17) is 4.74 Å². The SMILES string of the molecule is Cn1ccc(Nc2ncnc3ccc(Oc4ncccc4C(F)(F)F)cc23)n1. The van der Waals surface area contributed by atoms with Gasteiger partial charge in [0.05, 0.1) is 5.52 Å². The van der Waals surface area contributed by atoms with E-state index in [1.807, 2.05) is 0 Å². The van der Waals surface area contributed by atoms with Crippen LogP contribution in [0.5, 0.6) is 11.6 Å². The van der Waals surface area contributed by atoms with E-state index in [0.717, 1.165) is 6.07 Å². The molecule has 0 bridgehead atoms. The van der Waals surface area contributed by atoms with Crippen molar-refractivity contribution >= 4 is 22.5 Å². The predicted molar refractivity (Wildman–Crippen MR) is 95.3 cm³/mol. The number of aryl methyl sites for hydroxylation is 1. The molecule has 0 saturated heterocycles. The number of hydrogen-bond acceptors (Lipinski definition) is 6. The van der Waals surface area contributed by atoms with E-state index in [2.05, 4.69) is 25.4 Å². The van der Waals surface area contributed by atoms with Crippen LogP contribution in [-0.2, 0) is 13.2 Å². The number of ether oxygens (including phenoxy) is 1. The number of rotatable bonds is 4. The zero-order valence-corrected chi connectivity index (χ0v) is 14.5. The summed E-state index contributed by atoms with van der Waals surface area (Å²) in [5, 5.41) is 7.85. The van der Waals surface area contributed by atoms with Gasteiger partial charge in [-0.15, -0.1) is 0 Å². The quantitative estimate of drug-likeness (QED) is 0.563. The molecule has 0 aliphatic carbocycles. The van der Waals surface area contributed by atoms with Crippen molar-refractivity contribution < 1.29 is 17.9 Å². The summed E-state index contributed by atoms with van der Waals surface area (Å²) in [5.41, 5.74) is -0.357. The first-order chi connectivity index (χ1) is 13.4. The van der Waals surface area contributed by atoms with Gasteiger partial charge >= 0.3 is 6.18 Å². The van der Waals surface area contributed by atoms with Crippen molar-refractivity contribution in [1.29, 1.82) is 0 Å². The Morgan fingerprint density at radius 2 is 1.93 bits per heavy atom. The number of hydrogen-bond donors (Lipinski definition) is 1. The summed E-state index contributed by atoms with van der Waals surface area (Å²) in [4.78, 5) is 12.1. The number of halogens is 3. The largest absolute Gasteiger partial charge is 0.438 e. The predicted octanol–water partition coefficient (Wildman–Crippen LogP) is 4.31. The molecule has 1 N–H and O–H groups in total. The molecule has 0 saturated carbocycles. The van der Waals surface area contributed by atoms with E-state index in [1.165, 1.54) is 24.7 Å². The summed E-state index contributed by atoms with van der Waals surface area (Å²) in [7, 11) is 1.78. The van der Waals surface area contributed by atoms with Gasteiger partial charge < -0.3 is 10.1 Å². The number of nitrogens with one attached hydrogen (secondary N) is 1. The summed E-state index contributed by atoms with van der Waals surface area (Å²) in [6.07, 6.45) is -0.188. The van der Waals surface area contributed by atoms with Crippen molar-refractivity contribution in [2.24, 2.45) is 7.05 Å². The van der Waals surface area contributed by atoms with Crippen LogP contribution in [0.1, 0.15) is 5.56 Å². The molecule has 10 heteroatoms. The lowest BCUT2D eigenvalue weighted by Gasteiger charge is -2.13. The van der Waals surface area contributed by atoms with Gasteiger partial charge in [0.25, 0.3) is 0 Å². The molecule has 0 aliphatic heterocycles. The molecule has 28 heavy (non-hydrogen) atoms. The van der Waals surface area contributed by atoms with Crippen molar-refractivity contribution in [3.05, 3.63) is 60.7 Å². The summed E-state index contributed by atoms with van der Waals surface area (Å²) in [6, 6.07) is 8.59. The average Bonchev–Trinajstić information content (AvgIpc) is 3.07. The van der Waals surface area contributed by atoms with Gasteiger partial charge in [-0.3, -0.25) is 4.68 Å². The van der Waals surface area contributed by atoms with E-state index >= 15 is 0 Å². The fraction of sp³-hybridized carbons (Fsp3) is 0.111. The van der Waals surface area contributed by atoms with Crippen molar-refractivity contribution in [2.45, 2.75) is 6.18 Å². The van der Waals surface area contributed by atoms with E-state index in [-0.39, 0.29) is 5.75 Å². The Labute approximate surface area is 156 Å². The van der Waals surface area contributed by atoms with Gasteiger partial charge in [-0.1, -0.05) is 0 Å². The van der Waals surface area contributed by atoms with Gasteiger partial charge in [0.15, 0.2) is 5.82 Å². The lowest BCUT2D eigenvalue weighted by atomic mass is 10.2. The second kappa shape index (κ2) is 6.80. The fourth-order valence-corrected chi connectivity index (χ4v) is 2.60. The van der Waals surface area contributed by atoms with Crippen LogP contribution in [0.3, 0.4) is 0 Å². The minimum atomic E-state index is -4.57. The number of benzene rings is 1. The highest BCUT2D eigenvalue weighted by Gasteiger charge is 2.35. The van der Waals surface area contributed by atoms with E-state index in [1.54, 1.807) is 36.1 Å². The Morgan fingerprint density at radius 1 is 1.07 bits per heavy atom. The monoisotopic (exact) mass is 386 g/mol. The standard InChI is InChI=1S/C18H13F3N6O/c1-27-8-6-15(26-27)25-16-12-9-11(4-5-14(12)23-10-24-16)28-17-13(18(19,20)21)3-2-7-22-17/h2-10H,1H3,(H,23,24,25,26). The van der Waals surface area contributed by atoms with Gasteiger partial charge in [-0.05, 0) is 30.3 Å². The van der Waals surface area contributed by atoms with Gasteiger partial charge in [0.2, 0.25) is 5.88 Å². The zero-order chi connectivity index (χ0) is 19.7. The molecule has 1 aromatic carbocycles. The zero-order valence-electron chi connectivity index (χ0n) is 14.5. The highest BCUT2D eigenvalue weighted by molar-refractivity contribution is 5.91. The second-order valence-electron chi connectivity index (χ2n) is 5.86. The highest BCUT2D eigenvalue weighted by Crippen LogP contribution is 2.37. The third-order valence-corrected chi connectivity index (χ3v) is 3.86. The third kappa shape index (κ3) is 3.56. The lowest BCUT2D eigenvalue weighted by Crippen LogP contribution is -2.08. The number of fused-ring (bicyclic) bond motifs is 1. The van der Waals surface area contributed by atoms with Crippen LogP contribution >= 0.6 is 0 Å². The average molecular weight is 386 g/mol. The number of alkyl halides is 3. The maximum Gasteiger partial charge on any atom is 0.421 e. The summed E-state index contributed by atoms with van der Waals surface area (Å²) < 4.78 is 46.5. The van der Waals surface area contributed by atoms with Crippen LogP contribution in [0.25, 0.3) is 10.9 Å². The van der Waals surface area contributed by atoms with E-state index in [9.17, 15) is 13.2 Å². The summed E-state index contributed by atoms with van der Waals surface area (Å²) in [6.45, 7) is 0. The van der Waals surface area contributed by atoms with Crippen molar-refractivity contribution in [2.75, 3.05) is 5.32 Å². The first-order valence-corrected chi connectivity index (χ1v) is 8.12. The second-order valence-corrected chi connectivity index (χ2v) is 5.86. The smallest absolute Gasteiger partial charge is 0.421 e. The van der Waals surface area contributed by atoms with Crippen LogP contribution in [-0.4, -0.2) is 24.7 Å². The lowest BCUT2D eigenvalue weighted by molar-refractivity contribution is -0.138. The minimum absolute atomic E-state index is 0.176. The molecule has 0 unspecified atom stereocenters. The third-order valence-electron chi connectivity index (χ3n) is 3.86. The molecule has 0 radical (unpaired) electrons. The van der Waals surface area contributed by atoms with E-state index < -0.39 is 17.6 Å². The maximum atomic E-state index is 13.2.